The maximum atomic E-state index is 12.4. The van der Waals surface area contributed by atoms with E-state index in [1.807, 2.05) is 0 Å². The number of carboxylic acids is 1. The number of alkyl halides is 3. The summed E-state index contributed by atoms with van der Waals surface area (Å²) >= 11 is 0. The first-order chi connectivity index (χ1) is 7.66. The smallest absolute Gasteiger partial charge is 0.471 e. The van der Waals surface area contributed by atoms with Gasteiger partial charge in [0.15, 0.2) is 0 Å². The number of hydrogen-bond acceptors (Lipinski definition) is 2. The third kappa shape index (κ3) is 2.70. The minimum Gasteiger partial charge on any atom is -0.481 e. The van der Waals surface area contributed by atoms with Gasteiger partial charge in [-0.3, -0.25) is 9.59 Å². The molecule has 0 saturated carbocycles. The lowest BCUT2D eigenvalue weighted by atomic mass is 9.86. The highest BCUT2D eigenvalue weighted by Crippen LogP contribution is 2.32. The van der Waals surface area contributed by atoms with Crippen molar-refractivity contribution in [1.82, 2.24) is 4.90 Å². The Bertz CT molecular complexity index is 329. The highest BCUT2D eigenvalue weighted by molar-refractivity contribution is 5.83. The largest absolute Gasteiger partial charge is 0.481 e. The summed E-state index contributed by atoms with van der Waals surface area (Å²) < 4.78 is 37.1. The van der Waals surface area contributed by atoms with Crippen LogP contribution >= 0.6 is 0 Å². The maximum Gasteiger partial charge on any atom is 0.471 e. The van der Waals surface area contributed by atoms with Crippen LogP contribution in [0.25, 0.3) is 0 Å². The molecule has 1 rings (SSSR count). The number of carbonyl (C=O) groups excluding carboxylic acids is 1. The van der Waals surface area contributed by atoms with E-state index in [2.05, 4.69) is 0 Å². The molecule has 0 unspecified atom stereocenters. The number of hydrogen-bond donors (Lipinski definition) is 1. The minimum absolute atomic E-state index is 0.267. The van der Waals surface area contributed by atoms with Gasteiger partial charge in [0.25, 0.3) is 0 Å². The number of nitrogens with zero attached hydrogens (tertiary/aromatic N) is 1. The molecule has 1 heterocycles. The fraction of sp³-hybridized carbons (Fsp3) is 0.800. The standard InChI is InChI=1S/C10H14F3NO3/c1-5-3-4-7(8(15)16)6(2)14(5)9(17)10(11,12)13/h5-7H,3-4H2,1-2H3,(H,15,16)/t5-,6+,7+/m1/s1. The third-order valence-electron chi connectivity index (χ3n) is 3.19. The van der Waals surface area contributed by atoms with Crippen molar-refractivity contribution in [1.29, 1.82) is 0 Å². The van der Waals surface area contributed by atoms with Gasteiger partial charge in [-0.05, 0) is 26.7 Å². The topological polar surface area (TPSA) is 57.6 Å². The number of amides is 1. The van der Waals surface area contributed by atoms with Crippen LogP contribution in [0.5, 0.6) is 0 Å². The molecule has 0 aliphatic carbocycles. The Morgan fingerprint density at radius 2 is 1.76 bits per heavy atom. The Kier molecular flexibility index (Phi) is 3.68. The van der Waals surface area contributed by atoms with E-state index in [0.29, 0.717) is 11.3 Å². The van der Waals surface area contributed by atoms with Crippen molar-refractivity contribution in [3.63, 3.8) is 0 Å². The number of piperidine rings is 1. The van der Waals surface area contributed by atoms with E-state index < -0.39 is 36.1 Å². The normalized spacial score (nSPS) is 30.2. The van der Waals surface area contributed by atoms with Crippen molar-refractivity contribution in [2.24, 2.45) is 5.92 Å². The summed E-state index contributed by atoms with van der Waals surface area (Å²) in [6.07, 6.45) is -4.40. The first-order valence-corrected chi connectivity index (χ1v) is 5.28. The third-order valence-corrected chi connectivity index (χ3v) is 3.19. The van der Waals surface area contributed by atoms with Crippen LogP contribution in [0.15, 0.2) is 0 Å². The Hall–Kier alpha value is -1.27. The minimum atomic E-state index is -4.96. The molecule has 7 heteroatoms. The predicted octanol–water partition coefficient (Wildman–Crippen LogP) is 1.65. The van der Waals surface area contributed by atoms with E-state index in [1.165, 1.54) is 13.8 Å². The highest BCUT2D eigenvalue weighted by atomic mass is 19.4. The summed E-state index contributed by atoms with van der Waals surface area (Å²) in [6.45, 7) is 2.84. The van der Waals surface area contributed by atoms with Crippen LogP contribution in [0.4, 0.5) is 13.2 Å². The summed E-state index contributed by atoms with van der Waals surface area (Å²) in [6, 6.07) is -1.53. The molecule has 0 aromatic rings. The molecule has 1 amide bonds. The van der Waals surface area contributed by atoms with Crippen LogP contribution in [0.2, 0.25) is 0 Å². The van der Waals surface area contributed by atoms with Crippen LogP contribution in [-0.4, -0.2) is 40.1 Å². The fourth-order valence-corrected chi connectivity index (χ4v) is 2.26. The maximum absolute atomic E-state index is 12.4. The van der Waals surface area contributed by atoms with E-state index in [1.54, 1.807) is 0 Å². The molecule has 0 aromatic carbocycles. The second-order valence-corrected chi connectivity index (χ2v) is 4.32. The van der Waals surface area contributed by atoms with Gasteiger partial charge in [0.2, 0.25) is 0 Å². The van der Waals surface area contributed by atoms with E-state index in [0.717, 1.165) is 0 Å². The summed E-state index contributed by atoms with van der Waals surface area (Å²) in [7, 11) is 0. The van der Waals surface area contributed by atoms with E-state index in [4.69, 9.17) is 5.11 Å². The molecule has 0 radical (unpaired) electrons. The van der Waals surface area contributed by atoms with Gasteiger partial charge < -0.3 is 10.0 Å². The Morgan fingerprint density at radius 1 is 1.24 bits per heavy atom. The van der Waals surface area contributed by atoms with Crippen molar-refractivity contribution in [3.8, 4) is 0 Å². The average molecular weight is 253 g/mol. The summed E-state index contributed by atoms with van der Waals surface area (Å²) in [4.78, 5) is 22.7. The molecule has 3 atom stereocenters. The molecule has 1 saturated heterocycles. The first-order valence-electron chi connectivity index (χ1n) is 5.28. The molecular formula is C10H14F3NO3. The summed E-state index contributed by atoms with van der Waals surface area (Å²) in [5.41, 5.74) is 0. The zero-order valence-electron chi connectivity index (χ0n) is 9.49. The van der Waals surface area contributed by atoms with Crippen LogP contribution in [0.3, 0.4) is 0 Å². The fourth-order valence-electron chi connectivity index (χ4n) is 2.26. The number of carboxylic acid groups (broad SMARTS) is 1. The predicted molar refractivity (Wildman–Crippen MR) is 52.2 cm³/mol. The molecule has 0 aromatic heterocycles. The molecular weight excluding hydrogens is 239 g/mol. The molecule has 17 heavy (non-hydrogen) atoms. The second-order valence-electron chi connectivity index (χ2n) is 4.32. The monoisotopic (exact) mass is 253 g/mol. The first kappa shape index (κ1) is 13.8. The number of halogens is 3. The summed E-state index contributed by atoms with van der Waals surface area (Å²) in [5, 5.41) is 8.88. The SMILES string of the molecule is C[C@@H]1CC[C@H](C(=O)O)[C@H](C)N1C(=O)C(F)(F)F. The molecule has 1 aliphatic heterocycles. The van der Waals surface area contributed by atoms with E-state index >= 15 is 0 Å². The highest BCUT2D eigenvalue weighted by Gasteiger charge is 2.49. The quantitative estimate of drug-likeness (QED) is 0.773. The van der Waals surface area contributed by atoms with Crippen LogP contribution in [0, 0.1) is 5.92 Å². The van der Waals surface area contributed by atoms with Crippen LogP contribution in [0.1, 0.15) is 26.7 Å². The molecule has 0 bridgehead atoms. The van der Waals surface area contributed by atoms with Gasteiger partial charge in [-0.25, -0.2) is 0 Å². The molecule has 1 aliphatic rings. The van der Waals surface area contributed by atoms with Crippen molar-refractivity contribution < 1.29 is 27.9 Å². The zero-order valence-corrected chi connectivity index (χ0v) is 9.49. The second kappa shape index (κ2) is 4.54. The zero-order chi connectivity index (χ0) is 13.4. The Labute approximate surface area is 96.4 Å². The Morgan fingerprint density at radius 3 is 2.18 bits per heavy atom. The van der Waals surface area contributed by atoms with Gasteiger partial charge in [0.05, 0.1) is 5.92 Å². The molecule has 4 nitrogen and oxygen atoms in total. The van der Waals surface area contributed by atoms with Gasteiger partial charge in [-0.1, -0.05) is 0 Å². The number of likely N-dealkylation sites (tertiary alicyclic amines) is 1. The lowest BCUT2D eigenvalue weighted by Crippen LogP contribution is -2.56. The molecule has 0 spiro atoms. The van der Waals surface area contributed by atoms with Crippen molar-refractivity contribution in [2.45, 2.75) is 44.9 Å². The van der Waals surface area contributed by atoms with Crippen LogP contribution < -0.4 is 0 Å². The van der Waals surface area contributed by atoms with E-state index in [-0.39, 0.29) is 6.42 Å². The van der Waals surface area contributed by atoms with Gasteiger partial charge in [-0.15, -0.1) is 0 Å². The van der Waals surface area contributed by atoms with Crippen molar-refractivity contribution in [2.75, 3.05) is 0 Å². The van der Waals surface area contributed by atoms with E-state index in [9.17, 15) is 22.8 Å². The van der Waals surface area contributed by atoms with Crippen molar-refractivity contribution in [3.05, 3.63) is 0 Å². The average Bonchev–Trinajstić information content (AvgIpc) is 2.15. The number of carbonyl (C=O) groups is 2. The Balaban J connectivity index is 2.95. The molecule has 98 valence electrons. The van der Waals surface area contributed by atoms with Gasteiger partial charge in [0.1, 0.15) is 0 Å². The lowest BCUT2D eigenvalue weighted by molar-refractivity contribution is -0.194. The van der Waals surface area contributed by atoms with Crippen molar-refractivity contribution >= 4 is 11.9 Å². The molecule has 1 N–H and O–H groups in total. The molecule has 1 fully saturated rings. The van der Waals surface area contributed by atoms with Gasteiger partial charge in [-0.2, -0.15) is 13.2 Å². The summed E-state index contributed by atoms with van der Waals surface area (Å²) in [5.74, 6) is -4.05. The number of rotatable bonds is 1. The van der Waals surface area contributed by atoms with Gasteiger partial charge in [0, 0.05) is 12.1 Å². The number of aliphatic carboxylic acids is 1. The van der Waals surface area contributed by atoms with Gasteiger partial charge >= 0.3 is 18.1 Å². The van der Waals surface area contributed by atoms with Crippen LogP contribution in [-0.2, 0) is 9.59 Å². The lowest BCUT2D eigenvalue weighted by Gasteiger charge is -2.42.